The summed E-state index contributed by atoms with van der Waals surface area (Å²) in [5.74, 6) is -0.542. The molecule has 1 saturated carbocycles. The maximum atomic E-state index is 12.2. The van der Waals surface area contributed by atoms with Crippen LogP contribution in [0, 0.1) is 0 Å². The number of aliphatic hydroxyl groups excluding tert-OH is 1. The van der Waals surface area contributed by atoms with Gasteiger partial charge in [-0.15, -0.1) is 0 Å². The van der Waals surface area contributed by atoms with Crippen molar-refractivity contribution in [2.75, 3.05) is 19.0 Å². The fourth-order valence-corrected chi connectivity index (χ4v) is 2.92. The van der Waals surface area contributed by atoms with E-state index in [1.165, 1.54) is 13.3 Å². The van der Waals surface area contributed by atoms with Gasteiger partial charge in [-0.3, -0.25) is 9.59 Å². The third kappa shape index (κ3) is 3.44. The van der Waals surface area contributed by atoms with Crippen molar-refractivity contribution in [3.63, 3.8) is 0 Å². The van der Waals surface area contributed by atoms with Gasteiger partial charge in [0.15, 0.2) is 0 Å². The Morgan fingerprint density at radius 1 is 1.57 bits per heavy atom. The minimum Gasteiger partial charge on any atom is -0.468 e. The molecule has 0 aromatic carbocycles. The summed E-state index contributed by atoms with van der Waals surface area (Å²) < 4.78 is 5.84. The summed E-state index contributed by atoms with van der Waals surface area (Å²) in [5.41, 5.74) is -0.293. The van der Waals surface area contributed by atoms with E-state index in [4.69, 9.17) is 0 Å². The van der Waals surface area contributed by atoms with E-state index >= 15 is 0 Å². The van der Waals surface area contributed by atoms with Crippen LogP contribution in [0.25, 0.3) is 0 Å². The summed E-state index contributed by atoms with van der Waals surface area (Å²) in [5, 5.41) is 16.8. The molecular weight excluding hydrogens is 342 g/mol. The molecule has 0 atom stereocenters. The summed E-state index contributed by atoms with van der Waals surface area (Å²) in [6, 6.07) is 0. The number of hydrogen-bond donors (Lipinski definition) is 2. The number of esters is 1. The van der Waals surface area contributed by atoms with Gasteiger partial charge < -0.3 is 15.2 Å². The van der Waals surface area contributed by atoms with Crippen molar-refractivity contribution in [3.05, 3.63) is 21.0 Å². The van der Waals surface area contributed by atoms with Crippen LogP contribution in [0.5, 0.6) is 0 Å². The number of halogens is 1. The second kappa shape index (κ2) is 6.57. The van der Waals surface area contributed by atoms with Gasteiger partial charge in [0, 0.05) is 0 Å². The Kier molecular flexibility index (Phi) is 5.00. The molecule has 8 heteroatoms. The van der Waals surface area contributed by atoms with Crippen molar-refractivity contribution in [1.29, 1.82) is 0 Å². The number of ether oxygens (including phenoxy) is 1. The molecule has 0 amide bonds. The van der Waals surface area contributed by atoms with Gasteiger partial charge in [-0.25, -0.2) is 4.68 Å². The smallest absolute Gasteiger partial charge is 0.327 e. The topological polar surface area (TPSA) is 93.5 Å². The molecule has 2 N–H and O–H groups in total. The zero-order chi connectivity index (χ0) is 15.5. The zero-order valence-electron chi connectivity index (χ0n) is 11.8. The van der Waals surface area contributed by atoms with E-state index in [1.54, 1.807) is 0 Å². The molecule has 0 radical (unpaired) electrons. The lowest BCUT2D eigenvalue weighted by atomic mass is 9.99. The van der Waals surface area contributed by atoms with Crippen molar-refractivity contribution in [3.8, 4) is 0 Å². The van der Waals surface area contributed by atoms with Crippen LogP contribution in [0.2, 0.25) is 0 Å². The maximum Gasteiger partial charge on any atom is 0.327 e. The van der Waals surface area contributed by atoms with E-state index in [2.05, 4.69) is 31.1 Å². The average molecular weight is 360 g/mol. The molecule has 116 valence electrons. The Morgan fingerprint density at radius 3 is 2.81 bits per heavy atom. The van der Waals surface area contributed by atoms with Gasteiger partial charge in [0.2, 0.25) is 0 Å². The molecule has 0 unspecified atom stereocenters. The van der Waals surface area contributed by atoms with Crippen molar-refractivity contribution < 1.29 is 14.6 Å². The Balaban J connectivity index is 2.24. The predicted molar refractivity (Wildman–Crippen MR) is 80.1 cm³/mol. The Bertz CT molecular complexity index is 581. The Morgan fingerprint density at radius 2 is 2.24 bits per heavy atom. The molecule has 0 bridgehead atoms. The van der Waals surface area contributed by atoms with Gasteiger partial charge in [-0.2, -0.15) is 5.10 Å². The van der Waals surface area contributed by atoms with E-state index in [-0.39, 0.29) is 13.2 Å². The van der Waals surface area contributed by atoms with Gasteiger partial charge in [0.05, 0.1) is 31.1 Å². The molecular formula is C13H18BrN3O4. The number of carbonyl (C=O) groups is 1. The number of anilines is 1. The first-order valence-corrected chi connectivity index (χ1v) is 7.52. The summed E-state index contributed by atoms with van der Waals surface area (Å²) >= 11 is 3.23. The zero-order valence-corrected chi connectivity index (χ0v) is 13.4. The lowest BCUT2D eigenvalue weighted by Gasteiger charge is -2.29. The third-order valence-electron chi connectivity index (χ3n) is 3.75. The van der Waals surface area contributed by atoms with Crippen LogP contribution in [0.1, 0.15) is 25.7 Å². The summed E-state index contributed by atoms with van der Waals surface area (Å²) in [7, 11) is 1.25. The molecule has 2 rings (SSSR count). The fraction of sp³-hybridized carbons (Fsp3) is 0.615. The van der Waals surface area contributed by atoms with Crippen molar-refractivity contribution in [2.24, 2.45) is 0 Å². The molecule has 21 heavy (non-hydrogen) atoms. The normalized spacial score (nSPS) is 16.7. The van der Waals surface area contributed by atoms with Crippen molar-refractivity contribution in [1.82, 2.24) is 9.78 Å². The monoisotopic (exact) mass is 359 g/mol. The number of methoxy groups -OCH3 is 1. The summed E-state index contributed by atoms with van der Waals surface area (Å²) in [6.45, 7) is -0.232. The van der Waals surface area contributed by atoms with Crippen LogP contribution in [-0.4, -0.2) is 40.1 Å². The highest BCUT2D eigenvalue weighted by atomic mass is 79.9. The average Bonchev–Trinajstić information content (AvgIpc) is 2.96. The van der Waals surface area contributed by atoms with E-state index in [0.29, 0.717) is 10.2 Å². The molecule has 7 nitrogen and oxygen atoms in total. The van der Waals surface area contributed by atoms with Crippen LogP contribution in [0.15, 0.2) is 15.5 Å². The van der Waals surface area contributed by atoms with E-state index in [9.17, 15) is 14.7 Å². The predicted octanol–water partition coefficient (Wildman–Crippen LogP) is 0.896. The Hall–Kier alpha value is -1.41. The van der Waals surface area contributed by atoms with Crippen molar-refractivity contribution >= 4 is 27.6 Å². The highest BCUT2D eigenvalue weighted by Gasteiger charge is 2.33. The molecule has 1 aromatic rings. The van der Waals surface area contributed by atoms with Crippen LogP contribution < -0.4 is 10.9 Å². The molecule has 0 saturated heterocycles. The van der Waals surface area contributed by atoms with Gasteiger partial charge >= 0.3 is 5.97 Å². The first kappa shape index (κ1) is 16.0. The summed E-state index contributed by atoms with van der Waals surface area (Å²) in [4.78, 5) is 23.4. The molecule has 1 fully saturated rings. The van der Waals surface area contributed by atoms with Crippen LogP contribution in [0.4, 0.5) is 5.69 Å². The number of aromatic nitrogens is 2. The first-order chi connectivity index (χ1) is 10.0. The molecule has 1 heterocycles. The fourth-order valence-electron chi connectivity index (χ4n) is 2.51. The molecule has 1 aliphatic rings. The lowest BCUT2D eigenvalue weighted by Crippen LogP contribution is -2.40. The van der Waals surface area contributed by atoms with Crippen LogP contribution in [0.3, 0.4) is 0 Å². The molecule has 1 aliphatic carbocycles. The number of nitrogens with zero attached hydrogens (tertiary/aromatic N) is 2. The largest absolute Gasteiger partial charge is 0.468 e. The van der Waals surface area contributed by atoms with E-state index in [0.717, 1.165) is 30.4 Å². The number of carbonyl (C=O) groups excluding carboxylic acids is 1. The SMILES string of the molecule is COC(=O)Cn1ncc(NC2(CO)CCCC2)c(Br)c1=O. The second-order valence-corrected chi connectivity index (χ2v) is 5.97. The standard InChI is InChI=1S/C13H18BrN3O4/c1-21-10(19)7-17-12(20)11(14)9(6-15-17)16-13(8-18)4-2-3-5-13/h6,16,18H,2-5,7-8H2,1H3. The minimum absolute atomic E-state index is 0.00465. The number of aliphatic hydroxyl groups is 1. The van der Waals surface area contributed by atoms with Crippen LogP contribution in [-0.2, 0) is 16.1 Å². The highest BCUT2D eigenvalue weighted by molar-refractivity contribution is 9.10. The number of hydrogen-bond acceptors (Lipinski definition) is 6. The van der Waals surface area contributed by atoms with Crippen molar-refractivity contribution in [2.45, 2.75) is 37.8 Å². The lowest BCUT2D eigenvalue weighted by molar-refractivity contribution is -0.141. The number of nitrogens with one attached hydrogen (secondary N) is 1. The third-order valence-corrected chi connectivity index (χ3v) is 4.52. The first-order valence-electron chi connectivity index (χ1n) is 6.73. The van der Waals surface area contributed by atoms with Crippen LogP contribution >= 0.6 is 15.9 Å². The van der Waals surface area contributed by atoms with Gasteiger partial charge in [-0.05, 0) is 28.8 Å². The van der Waals surface area contributed by atoms with Gasteiger partial charge in [0.25, 0.3) is 5.56 Å². The number of rotatable bonds is 5. The van der Waals surface area contributed by atoms with E-state index < -0.39 is 17.1 Å². The second-order valence-electron chi connectivity index (χ2n) is 5.18. The molecule has 0 spiro atoms. The Labute approximate surface area is 130 Å². The maximum absolute atomic E-state index is 12.2. The summed E-state index contributed by atoms with van der Waals surface area (Å²) in [6.07, 6.45) is 5.25. The highest BCUT2D eigenvalue weighted by Crippen LogP contribution is 2.33. The van der Waals surface area contributed by atoms with Gasteiger partial charge in [0.1, 0.15) is 11.0 Å². The van der Waals surface area contributed by atoms with E-state index in [1.807, 2.05) is 0 Å². The quantitative estimate of drug-likeness (QED) is 0.758. The van der Waals surface area contributed by atoms with Gasteiger partial charge in [-0.1, -0.05) is 12.8 Å². The molecule has 0 aliphatic heterocycles. The minimum atomic E-state index is -0.542. The molecule has 1 aromatic heterocycles.